The number of unbranched alkanes of at least 4 members (excludes halogenated alkanes) is 1. The molecular formula is C19H24BrN. The third kappa shape index (κ3) is 4.34. The van der Waals surface area contributed by atoms with E-state index in [2.05, 4.69) is 84.5 Å². The van der Waals surface area contributed by atoms with Gasteiger partial charge in [-0.1, -0.05) is 66.0 Å². The van der Waals surface area contributed by atoms with Gasteiger partial charge in [0.1, 0.15) is 0 Å². The van der Waals surface area contributed by atoms with Crippen molar-refractivity contribution in [1.82, 2.24) is 0 Å². The van der Waals surface area contributed by atoms with Crippen LogP contribution >= 0.6 is 15.9 Å². The Morgan fingerprint density at radius 1 is 1.05 bits per heavy atom. The largest absolute Gasteiger partial charge is 0.378 e. The van der Waals surface area contributed by atoms with Gasteiger partial charge >= 0.3 is 0 Å². The lowest BCUT2D eigenvalue weighted by Crippen LogP contribution is -2.11. The molecule has 0 aliphatic heterocycles. The van der Waals surface area contributed by atoms with Crippen LogP contribution in [-0.4, -0.2) is 0 Å². The molecule has 0 aromatic heterocycles. The van der Waals surface area contributed by atoms with E-state index in [1.165, 1.54) is 39.7 Å². The smallest absolute Gasteiger partial charge is 0.0513 e. The summed E-state index contributed by atoms with van der Waals surface area (Å²) in [4.78, 5) is 0. The van der Waals surface area contributed by atoms with E-state index in [9.17, 15) is 0 Å². The monoisotopic (exact) mass is 345 g/mol. The van der Waals surface area contributed by atoms with Crippen molar-refractivity contribution in [2.45, 2.75) is 46.1 Å². The number of anilines is 1. The van der Waals surface area contributed by atoms with Gasteiger partial charge in [-0.15, -0.1) is 0 Å². The highest BCUT2D eigenvalue weighted by Gasteiger charge is 2.11. The lowest BCUT2D eigenvalue weighted by atomic mass is 10.0. The highest BCUT2D eigenvalue weighted by Crippen LogP contribution is 2.29. The Balaban J connectivity index is 2.23. The van der Waals surface area contributed by atoms with E-state index in [1.807, 2.05) is 0 Å². The SMILES string of the molecule is CCCCC(Nc1cc(C)c(Br)c(C)c1)c1ccccc1. The van der Waals surface area contributed by atoms with Crippen LogP contribution in [0, 0.1) is 13.8 Å². The third-order valence-corrected chi connectivity index (χ3v) is 5.08. The summed E-state index contributed by atoms with van der Waals surface area (Å²) in [6.45, 7) is 6.54. The Bertz CT molecular complexity index is 554. The van der Waals surface area contributed by atoms with Crippen LogP contribution in [0.3, 0.4) is 0 Å². The first-order valence-corrected chi connectivity index (χ1v) is 8.49. The van der Waals surface area contributed by atoms with Crippen LogP contribution in [0.2, 0.25) is 0 Å². The molecule has 1 atom stereocenters. The lowest BCUT2D eigenvalue weighted by Gasteiger charge is -2.21. The summed E-state index contributed by atoms with van der Waals surface area (Å²) < 4.78 is 1.21. The van der Waals surface area contributed by atoms with Gasteiger partial charge in [0, 0.05) is 10.2 Å². The fourth-order valence-corrected chi connectivity index (χ4v) is 2.88. The molecule has 21 heavy (non-hydrogen) atoms. The molecule has 0 bridgehead atoms. The maximum Gasteiger partial charge on any atom is 0.0513 e. The van der Waals surface area contributed by atoms with E-state index in [4.69, 9.17) is 0 Å². The van der Waals surface area contributed by atoms with E-state index in [0.717, 1.165) is 6.42 Å². The second kappa shape index (κ2) is 7.65. The van der Waals surface area contributed by atoms with E-state index in [0.29, 0.717) is 6.04 Å². The average molecular weight is 346 g/mol. The van der Waals surface area contributed by atoms with Crippen molar-refractivity contribution in [3.05, 3.63) is 63.6 Å². The first-order valence-electron chi connectivity index (χ1n) is 7.70. The van der Waals surface area contributed by atoms with Crippen molar-refractivity contribution in [1.29, 1.82) is 0 Å². The summed E-state index contributed by atoms with van der Waals surface area (Å²) >= 11 is 3.64. The summed E-state index contributed by atoms with van der Waals surface area (Å²) in [5.74, 6) is 0. The molecule has 0 fully saturated rings. The molecule has 2 aromatic carbocycles. The molecule has 2 rings (SSSR count). The zero-order chi connectivity index (χ0) is 15.2. The number of rotatable bonds is 6. The minimum Gasteiger partial charge on any atom is -0.378 e. The maximum atomic E-state index is 3.72. The van der Waals surface area contributed by atoms with Gasteiger partial charge in [-0.25, -0.2) is 0 Å². The highest BCUT2D eigenvalue weighted by atomic mass is 79.9. The van der Waals surface area contributed by atoms with Gasteiger partial charge in [-0.05, 0) is 49.1 Å². The first-order chi connectivity index (χ1) is 10.1. The van der Waals surface area contributed by atoms with Gasteiger partial charge in [-0.2, -0.15) is 0 Å². The van der Waals surface area contributed by atoms with E-state index in [-0.39, 0.29) is 0 Å². The molecule has 1 unspecified atom stereocenters. The Labute approximate surface area is 136 Å². The lowest BCUT2D eigenvalue weighted by molar-refractivity contribution is 0.634. The molecule has 0 aliphatic rings. The quantitative estimate of drug-likeness (QED) is 0.637. The molecule has 0 spiro atoms. The van der Waals surface area contributed by atoms with Gasteiger partial charge < -0.3 is 5.32 Å². The van der Waals surface area contributed by atoms with Crippen LogP contribution in [0.25, 0.3) is 0 Å². The molecule has 112 valence electrons. The van der Waals surface area contributed by atoms with E-state index >= 15 is 0 Å². The molecule has 2 aromatic rings. The van der Waals surface area contributed by atoms with Crippen molar-refractivity contribution in [3.8, 4) is 0 Å². The van der Waals surface area contributed by atoms with Crippen molar-refractivity contribution >= 4 is 21.6 Å². The second-order valence-electron chi connectivity index (χ2n) is 5.67. The van der Waals surface area contributed by atoms with Crippen molar-refractivity contribution < 1.29 is 0 Å². The fourth-order valence-electron chi connectivity index (χ4n) is 2.65. The number of hydrogen-bond donors (Lipinski definition) is 1. The Hall–Kier alpha value is -1.28. The van der Waals surface area contributed by atoms with Crippen LogP contribution in [0.5, 0.6) is 0 Å². The molecule has 0 amide bonds. The van der Waals surface area contributed by atoms with E-state index < -0.39 is 0 Å². The van der Waals surface area contributed by atoms with Crippen LogP contribution in [0.4, 0.5) is 5.69 Å². The minimum absolute atomic E-state index is 0.381. The number of benzene rings is 2. The van der Waals surface area contributed by atoms with Crippen LogP contribution in [0.15, 0.2) is 46.9 Å². The molecule has 0 saturated heterocycles. The Morgan fingerprint density at radius 3 is 2.24 bits per heavy atom. The first kappa shape index (κ1) is 16.1. The molecule has 1 nitrogen and oxygen atoms in total. The van der Waals surface area contributed by atoms with Gasteiger partial charge in [0.15, 0.2) is 0 Å². The molecular weight excluding hydrogens is 322 g/mol. The van der Waals surface area contributed by atoms with Gasteiger partial charge in [0.25, 0.3) is 0 Å². The fraction of sp³-hybridized carbons (Fsp3) is 0.368. The molecule has 1 N–H and O–H groups in total. The van der Waals surface area contributed by atoms with Gasteiger partial charge in [0.2, 0.25) is 0 Å². The highest BCUT2D eigenvalue weighted by molar-refractivity contribution is 9.10. The zero-order valence-electron chi connectivity index (χ0n) is 13.1. The summed E-state index contributed by atoms with van der Waals surface area (Å²) in [5, 5.41) is 3.72. The number of hydrogen-bond acceptors (Lipinski definition) is 1. The summed E-state index contributed by atoms with van der Waals surface area (Å²) in [6, 6.07) is 15.6. The predicted octanol–water partition coefficient (Wildman–Crippen LogP) is 6.41. The average Bonchev–Trinajstić information content (AvgIpc) is 2.49. The summed E-state index contributed by atoms with van der Waals surface area (Å²) in [5.41, 5.74) is 5.13. The van der Waals surface area contributed by atoms with Crippen molar-refractivity contribution in [2.24, 2.45) is 0 Å². The summed E-state index contributed by atoms with van der Waals surface area (Å²) in [6.07, 6.45) is 3.62. The Kier molecular flexibility index (Phi) is 5.86. The molecule has 0 saturated carbocycles. The minimum atomic E-state index is 0.381. The van der Waals surface area contributed by atoms with Crippen molar-refractivity contribution in [2.75, 3.05) is 5.32 Å². The van der Waals surface area contributed by atoms with Crippen LogP contribution < -0.4 is 5.32 Å². The molecule has 0 aliphatic carbocycles. The number of nitrogens with one attached hydrogen (secondary N) is 1. The third-order valence-electron chi connectivity index (χ3n) is 3.83. The van der Waals surface area contributed by atoms with Crippen LogP contribution in [0.1, 0.15) is 48.9 Å². The molecule has 2 heteroatoms. The topological polar surface area (TPSA) is 12.0 Å². The van der Waals surface area contributed by atoms with Gasteiger partial charge in [0.05, 0.1) is 6.04 Å². The van der Waals surface area contributed by atoms with Crippen molar-refractivity contribution in [3.63, 3.8) is 0 Å². The second-order valence-corrected chi connectivity index (χ2v) is 6.47. The van der Waals surface area contributed by atoms with Gasteiger partial charge in [-0.3, -0.25) is 0 Å². The summed E-state index contributed by atoms with van der Waals surface area (Å²) in [7, 11) is 0. The Morgan fingerprint density at radius 2 is 1.67 bits per heavy atom. The molecule has 0 heterocycles. The predicted molar refractivity (Wildman–Crippen MR) is 95.9 cm³/mol. The van der Waals surface area contributed by atoms with Crippen LogP contribution in [-0.2, 0) is 0 Å². The molecule has 0 radical (unpaired) electrons. The maximum absolute atomic E-state index is 3.72. The number of halogens is 1. The normalized spacial score (nSPS) is 12.2. The standard InChI is InChI=1S/C19H24BrN/c1-4-5-11-18(16-9-7-6-8-10-16)21-17-12-14(2)19(20)15(3)13-17/h6-10,12-13,18,21H,4-5,11H2,1-3H3. The van der Waals surface area contributed by atoms with E-state index in [1.54, 1.807) is 0 Å². The number of aryl methyl sites for hydroxylation is 2. The zero-order valence-corrected chi connectivity index (χ0v) is 14.7.